The molecule has 0 aliphatic heterocycles. The molecule has 7 nitrogen and oxygen atoms in total. The van der Waals surface area contributed by atoms with Gasteiger partial charge < -0.3 is 5.32 Å². The van der Waals surface area contributed by atoms with E-state index in [4.69, 9.17) is 0 Å². The molecule has 7 heteroatoms. The van der Waals surface area contributed by atoms with Crippen LogP contribution in [0.1, 0.15) is 32.0 Å². The molecule has 0 atom stereocenters. The van der Waals surface area contributed by atoms with Crippen LogP contribution in [0.5, 0.6) is 0 Å². The summed E-state index contributed by atoms with van der Waals surface area (Å²) in [5.74, 6) is -0.297. The molecule has 1 N–H and O–H groups in total. The molecule has 0 spiro atoms. The Kier molecular flexibility index (Phi) is 4.39. The number of rotatable bonds is 3. The molecule has 26 heavy (non-hydrogen) atoms. The molecule has 0 unspecified atom stereocenters. The van der Waals surface area contributed by atoms with Crippen LogP contribution in [-0.2, 0) is 16.9 Å². The van der Waals surface area contributed by atoms with E-state index in [-0.39, 0.29) is 23.6 Å². The van der Waals surface area contributed by atoms with E-state index in [2.05, 4.69) is 15.5 Å². The van der Waals surface area contributed by atoms with Crippen LogP contribution in [0.15, 0.2) is 35.3 Å². The summed E-state index contributed by atoms with van der Waals surface area (Å²) in [6.45, 7) is 9.50. The molecule has 0 saturated heterocycles. The van der Waals surface area contributed by atoms with Crippen LogP contribution in [-0.4, -0.2) is 25.5 Å². The largest absolute Gasteiger partial charge is 0.324 e. The number of amides is 1. The van der Waals surface area contributed by atoms with E-state index in [1.54, 1.807) is 10.9 Å². The number of aromatic nitrogens is 4. The molecule has 0 saturated carbocycles. The summed E-state index contributed by atoms with van der Waals surface area (Å²) in [4.78, 5) is 25.3. The van der Waals surface area contributed by atoms with Crippen molar-refractivity contribution in [2.45, 2.75) is 46.7 Å². The van der Waals surface area contributed by atoms with Crippen LogP contribution >= 0.6 is 0 Å². The van der Waals surface area contributed by atoms with Gasteiger partial charge in [-0.15, -0.1) is 0 Å². The monoisotopic (exact) mass is 353 g/mol. The SMILES string of the molecule is Cc1ccccc1NC(=O)Cn1nc(C)c2cnn(C(C)(C)C)c2c1=O. The molecular formula is C19H23N5O2. The Labute approximate surface area is 151 Å². The first-order valence-corrected chi connectivity index (χ1v) is 8.50. The Morgan fingerprint density at radius 2 is 1.88 bits per heavy atom. The number of para-hydroxylation sites is 1. The minimum Gasteiger partial charge on any atom is -0.324 e. The van der Waals surface area contributed by atoms with Crippen molar-refractivity contribution in [3.05, 3.63) is 52.1 Å². The summed E-state index contributed by atoms with van der Waals surface area (Å²) in [6.07, 6.45) is 1.65. The molecule has 2 aromatic heterocycles. The average molecular weight is 353 g/mol. The van der Waals surface area contributed by atoms with Crippen molar-refractivity contribution in [2.24, 2.45) is 0 Å². The highest BCUT2D eigenvalue weighted by molar-refractivity contribution is 5.91. The Morgan fingerprint density at radius 1 is 1.19 bits per heavy atom. The molecule has 1 amide bonds. The third-order valence-corrected chi connectivity index (χ3v) is 4.21. The number of anilines is 1. The number of fused-ring (bicyclic) bond motifs is 1. The van der Waals surface area contributed by atoms with Gasteiger partial charge in [0, 0.05) is 11.1 Å². The summed E-state index contributed by atoms with van der Waals surface area (Å²) in [5.41, 5.74) is 2.14. The van der Waals surface area contributed by atoms with Gasteiger partial charge in [-0.3, -0.25) is 14.3 Å². The van der Waals surface area contributed by atoms with Gasteiger partial charge in [0.2, 0.25) is 5.91 Å². The number of benzene rings is 1. The predicted octanol–water partition coefficient (Wildman–Crippen LogP) is 2.60. The lowest BCUT2D eigenvalue weighted by molar-refractivity contribution is -0.117. The van der Waals surface area contributed by atoms with Crippen molar-refractivity contribution >= 4 is 22.5 Å². The summed E-state index contributed by atoms with van der Waals surface area (Å²) >= 11 is 0. The van der Waals surface area contributed by atoms with E-state index >= 15 is 0 Å². The normalized spacial score (nSPS) is 11.7. The standard InChI is InChI=1S/C19H23N5O2/c1-12-8-6-7-9-15(12)21-16(25)11-23-18(26)17-14(13(2)22-23)10-20-24(17)19(3,4)5/h6-10H,11H2,1-5H3,(H,21,25). The second-order valence-corrected chi connectivity index (χ2v) is 7.40. The zero-order chi connectivity index (χ0) is 19.1. The Morgan fingerprint density at radius 3 is 2.54 bits per heavy atom. The second kappa shape index (κ2) is 6.40. The van der Waals surface area contributed by atoms with Crippen LogP contribution in [0.4, 0.5) is 5.69 Å². The van der Waals surface area contributed by atoms with Crippen LogP contribution in [0.25, 0.3) is 10.9 Å². The zero-order valence-electron chi connectivity index (χ0n) is 15.7. The van der Waals surface area contributed by atoms with Gasteiger partial charge in [0.25, 0.3) is 5.56 Å². The highest BCUT2D eigenvalue weighted by atomic mass is 16.2. The third kappa shape index (κ3) is 3.24. The van der Waals surface area contributed by atoms with Crippen molar-refractivity contribution < 1.29 is 4.79 Å². The quantitative estimate of drug-likeness (QED) is 0.785. The number of aryl methyl sites for hydroxylation is 2. The van der Waals surface area contributed by atoms with E-state index in [1.165, 1.54) is 4.68 Å². The molecule has 136 valence electrons. The smallest absolute Gasteiger partial charge is 0.293 e. The van der Waals surface area contributed by atoms with Gasteiger partial charge in [0.15, 0.2) is 0 Å². The van der Waals surface area contributed by atoms with Gasteiger partial charge in [0.05, 0.1) is 17.4 Å². The van der Waals surface area contributed by atoms with Gasteiger partial charge in [-0.1, -0.05) is 18.2 Å². The maximum atomic E-state index is 12.9. The van der Waals surface area contributed by atoms with Gasteiger partial charge in [-0.2, -0.15) is 10.2 Å². The molecule has 3 rings (SSSR count). The minimum absolute atomic E-state index is 0.154. The third-order valence-electron chi connectivity index (χ3n) is 4.21. The number of hydrogen-bond acceptors (Lipinski definition) is 4. The average Bonchev–Trinajstić information content (AvgIpc) is 3.00. The first-order valence-electron chi connectivity index (χ1n) is 8.50. The van der Waals surface area contributed by atoms with E-state index in [1.807, 2.05) is 58.9 Å². The van der Waals surface area contributed by atoms with Crippen LogP contribution in [0.2, 0.25) is 0 Å². The highest BCUT2D eigenvalue weighted by Crippen LogP contribution is 2.20. The Bertz CT molecular complexity index is 1040. The minimum atomic E-state index is -0.351. The van der Waals surface area contributed by atoms with Gasteiger partial charge in [-0.05, 0) is 46.2 Å². The maximum absolute atomic E-state index is 12.9. The lowest BCUT2D eigenvalue weighted by Gasteiger charge is -2.20. The van der Waals surface area contributed by atoms with Crippen LogP contribution in [0.3, 0.4) is 0 Å². The topological polar surface area (TPSA) is 81.8 Å². The van der Waals surface area contributed by atoms with E-state index in [0.29, 0.717) is 16.6 Å². The van der Waals surface area contributed by atoms with Crippen LogP contribution in [0, 0.1) is 13.8 Å². The summed E-state index contributed by atoms with van der Waals surface area (Å²) < 4.78 is 2.89. The highest BCUT2D eigenvalue weighted by Gasteiger charge is 2.22. The predicted molar refractivity (Wildman–Crippen MR) is 101 cm³/mol. The zero-order valence-corrected chi connectivity index (χ0v) is 15.7. The fourth-order valence-corrected chi connectivity index (χ4v) is 2.88. The molecule has 2 heterocycles. The first-order chi connectivity index (χ1) is 12.2. The van der Waals surface area contributed by atoms with Gasteiger partial charge in [-0.25, -0.2) is 4.68 Å². The van der Waals surface area contributed by atoms with Gasteiger partial charge in [0.1, 0.15) is 12.1 Å². The molecule has 3 aromatic rings. The Balaban J connectivity index is 1.98. The van der Waals surface area contributed by atoms with E-state index in [0.717, 1.165) is 11.3 Å². The van der Waals surface area contributed by atoms with Crippen molar-refractivity contribution in [3.63, 3.8) is 0 Å². The van der Waals surface area contributed by atoms with Crippen molar-refractivity contribution in [2.75, 3.05) is 5.32 Å². The molecular weight excluding hydrogens is 330 g/mol. The number of carbonyl (C=O) groups excluding carboxylic acids is 1. The summed E-state index contributed by atoms with van der Waals surface area (Å²) in [6, 6.07) is 7.50. The van der Waals surface area contributed by atoms with Crippen molar-refractivity contribution in [1.82, 2.24) is 19.6 Å². The summed E-state index contributed by atoms with van der Waals surface area (Å²) in [7, 11) is 0. The van der Waals surface area contributed by atoms with Crippen molar-refractivity contribution in [3.8, 4) is 0 Å². The molecule has 1 aromatic carbocycles. The Hall–Kier alpha value is -2.96. The fraction of sp³-hybridized carbons (Fsp3) is 0.368. The molecule has 0 fully saturated rings. The number of carbonyl (C=O) groups is 1. The molecule has 0 bridgehead atoms. The van der Waals surface area contributed by atoms with Crippen LogP contribution < -0.4 is 10.9 Å². The number of nitrogens with one attached hydrogen (secondary N) is 1. The fourth-order valence-electron chi connectivity index (χ4n) is 2.88. The molecule has 0 aliphatic rings. The molecule has 0 aliphatic carbocycles. The lowest BCUT2D eigenvalue weighted by Crippen LogP contribution is -2.33. The lowest BCUT2D eigenvalue weighted by atomic mass is 10.1. The van der Waals surface area contributed by atoms with E-state index in [9.17, 15) is 9.59 Å². The summed E-state index contributed by atoms with van der Waals surface area (Å²) in [5, 5.41) is 12.2. The van der Waals surface area contributed by atoms with Crippen molar-refractivity contribution in [1.29, 1.82) is 0 Å². The molecule has 0 radical (unpaired) electrons. The maximum Gasteiger partial charge on any atom is 0.293 e. The van der Waals surface area contributed by atoms with E-state index < -0.39 is 0 Å². The number of nitrogens with zero attached hydrogens (tertiary/aromatic N) is 4. The first kappa shape index (κ1) is 17.8. The number of hydrogen-bond donors (Lipinski definition) is 1. The second-order valence-electron chi connectivity index (χ2n) is 7.40. The van der Waals surface area contributed by atoms with Gasteiger partial charge >= 0.3 is 0 Å².